The maximum Gasteiger partial charge on any atom is 0.265 e. The molecule has 2 fully saturated rings. The Kier molecular flexibility index (Phi) is 3.97. The summed E-state index contributed by atoms with van der Waals surface area (Å²) in [4.78, 5) is 33.7. The third-order valence-corrected chi connectivity index (χ3v) is 6.26. The zero-order chi connectivity index (χ0) is 16.0. The second-order valence-electron chi connectivity index (χ2n) is 6.70. The Morgan fingerprint density at radius 3 is 2.77 bits per heavy atom. The van der Waals surface area contributed by atoms with E-state index >= 15 is 0 Å². The number of piperidine rings is 1. The minimum absolute atomic E-state index is 0.0855. The molecule has 120 valence electrons. The minimum atomic E-state index is 0.0855. The molecule has 22 heavy (non-hydrogen) atoms. The molecule has 0 aliphatic carbocycles. The van der Waals surface area contributed by atoms with E-state index in [1.165, 1.54) is 11.3 Å². The first-order chi connectivity index (χ1) is 10.4. The van der Waals surface area contributed by atoms with Crippen molar-refractivity contribution in [3.8, 4) is 0 Å². The summed E-state index contributed by atoms with van der Waals surface area (Å²) in [6.45, 7) is 7.52. The topological polar surface area (TPSA) is 53.5 Å². The molecule has 6 heteroatoms. The van der Waals surface area contributed by atoms with Crippen molar-refractivity contribution in [2.45, 2.75) is 45.6 Å². The van der Waals surface area contributed by atoms with Crippen LogP contribution in [0.5, 0.6) is 0 Å². The molecular weight excluding hydrogens is 298 g/mol. The number of aromatic nitrogens is 1. The lowest BCUT2D eigenvalue weighted by molar-refractivity contribution is -0.127. The number of likely N-dealkylation sites (tertiary alicyclic amines) is 2. The molecule has 0 bridgehead atoms. The van der Waals surface area contributed by atoms with Crippen molar-refractivity contribution in [3.05, 3.63) is 15.6 Å². The predicted octanol–water partition coefficient (Wildman–Crippen LogP) is 2.27. The van der Waals surface area contributed by atoms with Gasteiger partial charge in [-0.3, -0.25) is 9.59 Å². The normalized spacial score (nSPS) is 25.0. The summed E-state index contributed by atoms with van der Waals surface area (Å²) in [6, 6.07) is 0.310. The summed E-state index contributed by atoms with van der Waals surface area (Å²) in [5.74, 6) is 0.924. The van der Waals surface area contributed by atoms with Crippen molar-refractivity contribution < 1.29 is 9.59 Å². The van der Waals surface area contributed by atoms with Crippen LogP contribution in [-0.4, -0.2) is 52.8 Å². The Morgan fingerprint density at radius 1 is 1.41 bits per heavy atom. The van der Waals surface area contributed by atoms with Crippen LogP contribution < -0.4 is 0 Å². The smallest absolute Gasteiger partial charge is 0.265 e. The quantitative estimate of drug-likeness (QED) is 0.839. The molecular formula is C16H23N3O2S. The zero-order valence-corrected chi connectivity index (χ0v) is 14.4. The van der Waals surface area contributed by atoms with Gasteiger partial charge in [-0.25, -0.2) is 4.98 Å². The summed E-state index contributed by atoms with van der Waals surface area (Å²) >= 11 is 1.52. The predicted molar refractivity (Wildman–Crippen MR) is 86.1 cm³/mol. The number of amides is 2. The number of nitrogens with zero attached hydrogens (tertiary/aromatic N) is 3. The Balaban J connectivity index is 1.75. The molecule has 2 amide bonds. The number of carbonyl (C=O) groups excluding carboxylic acids is 2. The van der Waals surface area contributed by atoms with Crippen LogP contribution >= 0.6 is 11.3 Å². The molecule has 2 saturated heterocycles. The Labute approximate surface area is 135 Å². The molecule has 0 saturated carbocycles. The van der Waals surface area contributed by atoms with Gasteiger partial charge in [0.25, 0.3) is 5.91 Å². The van der Waals surface area contributed by atoms with E-state index in [0.29, 0.717) is 24.9 Å². The SMILES string of the molecule is Cc1nc(C(C)C)sc1C(=O)N1CC[C@H]2[C@H](CC(=O)N2C)C1. The zero-order valence-electron chi connectivity index (χ0n) is 13.6. The molecule has 3 rings (SSSR count). The maximum absolute atomic E-state index is 12.8. The van der Waals surface area contributed by atoms with Gasteiger partial charge < -0.3 is 9.80 Å². The third-order valence-electron chi connectivity index (χ3n) is 4.81. The summed E-state index contributed by atoms with van der Waals surface area (Å²) in [6.07, 6.45) is 1.46. The Bertz CT molecular complexity index is 611. The van der Waals surface area contributed by atoms with Crippen molar-refractivity contribution in [2.24, 2.45) is 5.92 Å². The third kappa shape index (κ3) is 2.53. The molecule has 0 aromatic carbocycles. The molecule has 0 N–H and O–H groups in total. The maximum atomic E-state index is 12.8. The molecule has 3 heterocycles. The fourth-order valence-corrected chi connectivity index (χ4v) is 4.51. The van der Waals surface area contributed by atoms with Crippen molar-refractivity contribution in [3.63, 3.8) is 0 Å². The van der Waals surface area contributed by atoms with Crippen molar-refractivity contribution in [2.75, 3.05) is 20.1 Å². The van der Waals surface area contributed by atoms with Crippen LogP contribution in [0.15, 0.2) is 0 Å². The molecule has 0 unspecified atom stereocenters. The van der Waals surface area contributed by atoms with E-state index in [4.69, 9.17) is 0 Å². The van der Waals surface area contributed by atoms with Gasteiger partial charge in [0.05, 0.1) is 10.7 Å². The largest absolute Gasteiger partial charge is 0.342 e. The highest BCUT2D eigenvalue weighted by molar-refractivity contribution is 7.13. The number of hydrogen-bond acceptors (Lipinski definition) is 4. The summed E-state index contributed by atoms with van der Waals surface area (Å²) in [5.41, 5.74) is 0.834. The minimum Gasteiger partial charge on any atom is -0.342 e. The van der Waals surface area contributed by atoms with E-state index in [1.54, 1.807) is 0 Å². The van der Waals surface area contributed by atoms with E-state index in [2.05, 4.69) is 18.8 Å². The van der Waals surface area contributed by atoms with Crippen LogP contribution in [-0.2, 0) is 4.79 Å². The summed E-state index contributed by atoms with van der Waals surface area (Å²) in [5, 5.41) is 1.02. The van der Waals surface area contributed by atoms with Crippen molar-refractivity contribution >= 4 is 23.2 Å². The van der Waals surface area contributed by atoms with E-state index in [1.807, 2.05) is 23.8 Å². The summed E-state index contributed by atoms with van der Waals surface area (Å²) < 4.78 is 0. The van der Waals surface area contributed by atoms with Gasteiger partial charge in [0.1, 0.15) is 4.88 Å². The molecule has 2 atom stereocenters. The number of aryl methyl sites for hydroxylation is 1. The molecule has 0 radical (unpaired) electrons. The first kappa shape index (κ1) is 15.5. The molecule has 0 spiro atoms. The highest BCUT2D eigenvalue weighted by Crippen LogP contribution is 2.33. The van der Waals surface area contributed by atoms with Crippen LogP contribution in [0.3, 0.4) is 0 Å². The number of hydrogen-bond donors (Lipinski definition) is 0. The number of carbonyl (C=O) groups is 2. The lowest BCUT2D eigenvalue weighted by Crippen LogP contribution is -2.47. The van der Waals surface area contributed by atoms with Crippen LogP contribution in [0.25, 0.3) is 0 Å². The average Bonchev–Trinajstić information content (AvgIpc) is 2.99. The van der Waals surface area contributed by atoms with E-state index < -0.39 is 0 Å². The fraction of sp³-hybridized carbons (Fsp3) is 0.688. The monoisotopic (exact) mass is 321 g/mol. The summed E-state index contributed by atoms with van der Waals surface area (Å²) in [7, 11) is 1.88. The highest BCUT2D eigenvalue weighted by atomic mass is 32.1. The molecule has 5 nitrogen and oxygen atoms in total. The molecule has 1 aromatic heterocycles. The fourth-order valence-electron chi connectivity index (χ4n) is 3.47. The van der Waals surface area contributed by atoms with Gasteiger partial charge in [-0.15, -0.1) is 11.3 Å². The van der Waals surface area contributed by atoms with E-state index in [0.717, 1.165) is 28.5 Å². The van der Waals surface area contributed by atoms with Crippen LogP contribution in [0, 0.1) is 12.8 Å². The first-order valence-electron chi connectivity index (χ1n) is 7.90. The van der Waals surface area contributed by atoms with Crippen LogP contribution in [0.2, 0.25) is 0 Å². The van der Waals surface area contributed by atoms with Crippen LogP contribution in [0.1, 0.15) is 53.0 Å². The number of fused-ring (bicyclic) bond motifs is 1. The molecule has 1 aromatic rings. The lowest BCUT2D eigenvalue weighted by atomic mass is 9.93. The van der Waals surface area contributed by atoms with Gasteiger partial charge in [0, 0.05) is 44.4 Å². The van der Waals surface area contributed by atoms with Gasteiger partial charge >= 0.3 is 0 Å². The van der Waals surface area contributed by atoms with Gasteiger partial charge in [-0.05, 0) is 13.3 Å². The highest BCUT2D eigenvalue weighted by Gasteiger charge is 2.42. The first-order valence-corrected chi connectivity index (χ1v) is 8.72. The van der Waals surface area contributed by atoms with Gasteiger partial charge in [-0.1, -0.05) is 13.8 Å². The second kappa shape index (κ2) is 5.65. The number of thiazole rings is 1. The molecule has 2 aliphatic heterocycles. The van der Waals surface area contributed by atoms with Crippen molar-refractivity contribution in [1.29, 1.82) is 0 Å². The lowest BCUT2D eigenvalue weighted by Gasteiger charge is -2.36. The van der Waals surface area contributed by atoms with Crippen LogP contribution in [0.4, 0.5) is 0 Å². The second-order valence-corrected chi connectivity index (χ2v) is 7.73. The number of rotatable bonds is 2. The molecule has 2 aliphatic rings. The Hall–Kier alpha value is -1.43. The van der Waals surface area contributed by atoms with E-state index in [9.17, 15) is 9.59 Å². The Morgan fingerprint density at radius 2 is 2.14 bits per heavy atom. The van der Waals surface area contributed by atoms with E-state index in [-0.39, 0.29) is 17.7 Å². The van der Waals surface area contributed by atoms with Crippen molar-refractivity contribution in [1.82, 2.24) is 14.8 Å². The average molecular weight is 321 g/mol. The van der Waals surface area contributed by atoms with Gasteiger partial charge in [0.2, 0.25) is 5.91 Å². The standard InChI is InChI=1S/C16H23N3O2S/c1-9(2)15-17-10(3)14(22-15)16(21)19-6-5-12-11(8-19)7-13(20)18(12)4/h9,11-12H,5-8H2,1-4H3/t11-,12+/m1/s1. The van der Waals surface area contributed by atoms with Gasteiger partial charge in [-0.2, -0.15) is 0 Å². The van der Waals surface area contributed by atoms with Gasteiger partial charge in [0.15, 0.2) is 0 Å².